The van der Waals surface area contributed by atoms with E-state index in [1.54, 1.807) is 18.2 Å². The molecule has 1 heterocycles. The highest BCUT2D eigenvalue weighted by molar-refractivity contribution is 7.21. The minimum atomic E-state index is -0.548. The lowest BCUT2D eigenvalue weighted by Gasteiger charge is -2.09. The molecule has 1 aromatic heterocycles. The van der Waals surface area contributed by atoms with Crippen LogP contribution in [0.25, 0.3) is 10.1 Å². The van der Waals surface area contributed by atoms with E-state index < -0.39 is 5.97 Å². The second kappa shape index (κ2) is 13.1. The second-order valence-corrected chi connectivity index (χ2v) is 9.28. The van der Waals surface area contributed by atoms with Crippen LogP contribution in [0.4, 0.5) is 0 Å². The number of ether oxygens (including phenoxy) is 2. The number of carbonyl (C=O) groups is 2. The van der Waals surface area contributed by atoms with Gasteiger partial charge in [-0.25, -0.2) is 10.2 Å². The van der Waals surface area contributed by atoms with Gasteiger partial charge in [0.15, 0.2) is 11.5 Å². The van der Waals surface area contributed by atoms with Crippen LogP contribution in [-0.4, -0.2) is 25.2 Å². The van der Waals surface area contributed by atoms with Gasteiger partial charge in [-0.15, -0.1) is 11.3 Å². The molecule has 0 radical (unpaired) electrons. The van der Waals surface area contributed by atoms with Gasteiger partial charge in [-0.1, -0.05) is 68.8 Å². The first kappa shape index (κ1) is 25.7. The minimum absolute atomic E-state index is 0.107. The first-order valence-electron chi connectivity index (χ1n) is 11.4. The highest BCUT2D eigenvalue weighted by atomic mass is 35.5. The Kier molecular flexibility index (Phi) is 9.91. The van der Waals surface area contributed by atoms with Gasteiger partial charge < -0.3 is 9.47 Å². The van der Waals surface area contributed by atoms with Crippen molar-refractivity contribution in [3.05, 3.63) is 57.9 Å². The molecular formula is C26H29ClN2O4S. The summed E-state index contributed by atoms with van der Waals surface area (Å²) in [6, 6.07) is 12.6. The number of methoxy groups -OCH3 is 1. The molecule has 0 saturated carbocycles. The van der Waals surface area contributed by atoms with E-state index in [4.69, 9.17) is 21.1 Å². The molecule has 0 saturated heterocycles. The Bertz CT molecular complexity index is 1160. The number of thiophene rings is 1. The number of hydrazone groups is 1. The van der Waals surface area contributed by atoms with Crippen LogP contribution in [0.15, 0.2) is 47.6 Å². The van der Waals surface area contributed by atoms with Crippen LogP contribution in [0.3, 0.4) is 0 Å². The van der Waals surface area contributed by atoms with Crippen molar-refractivity contribution in [2.24, 2.45) is 5.10 Å². The van der Waals surface area contributed by atoms with Gasteiger partial charge in [0.05, 0.1) is 18.3 Å². The van der Waals surface area contributed by atoms with Gasteiger partial charge in [0.1, 0.15) is 4.88 Å². The molecule has 0 bridgehead atoms. The molecule has 3 rings (SSSR count). The zero-order valence-corrected chi connectivity index (χ0v) is 21.0. The molecule has 3 aromatic rings. The van der Waals surface area contributed by atoms with Crippen molar-refractivity contribution in [2.75, 3.05) is 7.11 Å². The third-order valence-electron chi connectivity index (χ3n) is 5.27. The summed E-state index contributed by atoms with van der Waals surface area (Å²) in [5.41, 5.74) is 3.24. The normalized spacial score (nSPS) is 11.1. The molecule has 6 nitrogen and oxygen atoms in total. The van der Waals surface area contributed by atoms with Gasteiger partial charge in [0.2, 0.25) is 5.91 Å². The Morgan fingerprint density at radius 2 is 1.82 bits per heavy atom. The number of rotatable bonds is 12. The first-order valence-corrected chi connectivity index (χ1v) is 12.6. The number of nitrogens with zero attached hydrogens (tertiary/aromatic N) is 1. The number of benzene rings is 2. The maximum Gasteiger partial charge on any atom is 0.355 e. The number of fused-ring (bicyclic) bond motifs is 1. The van der Waals surface area contributed by atoms with Gasteiger partial charge in [-0.05, 0) is 36.2 Å². The van der Waals surface area contributed by atoms with Crippen LogP contribution in [0.5, 0.6) is 11.5 Å². The standard InChI is InChI=1S/C26H29ClN2O4S/c1-3-4-5-6-7-8-13-23(30)29-28-17-18-14-15-20(21(16-18)32-2)33-26(31)25-24(27)19-11-9-10-12-22(19)34-25/h9-12,14-17H,3-8,13H2,1-2H3,(H,29,30)/b28-17+. The molecule has 8 heteroatoms. The number of amides is 1. The predicted octanol–water partition coefficient (Wildman–Crippen LogP) is 6.98. The molecule has 0 spiro atoms. The fourth-order valence-corrected chi connectivity index (χ4v) is 4.83. The molecule has 180 valence electrons. The van der Waals surface area contributed by atoms with Crippen molar-refractivity contribution in [1.82, 2.24) is 5.43 Å². The molecule has 1 amide bonds. The van der Waals surface area contributed by atoms with Crippen molar-refractivity contribution in [2.45, 2.75) is 51.9 Å². The summed E-state index contributed by atoms with van der Waals surface area (Å²) in [5.74, 6) is -0.0180. The molecule has 0 aliphatic rings. The molecule has 1 N–H and O–H groups in total. The second-order valence-electron chi connectivity index (χ2n) is 7.85. The Morgan fingerprint density at radius 1 is 1.06 bits per heavy atom. The number of esters is 1. The van der Waals surface area contributed by atoms with E-state index in [1.165, 1.54) is 43.9 Å². The quantitative estimate of drug-likeness (QED) is 0.0956. The van der Waals surface area contributed by atoms with Crippen molar-refractivity contribution in [3.8, 4) is 11.5 Å². The van der Waals surface area contributed by atoms with Gasteiger partial charge in [0, 0.05) is 16.5 Å². The van der Waals surface area contributed by atoms with E-state index in [1.807, 2.05) is 24.3 Å². The van der Waals surface area contributed by atoms with Crippen LogP contribution in [0.1, 0.15) is 67.1 Å². The molecule has 0 atom stereocenters. The van der Waals surface area contributed by atoms with Crippen molar-refractivity contribution < 1.29 is 19.1 Å². The molecule has 0 unspecified atom stereocenters. The summed E-state index contributed by atoms with van der Waals surface area (Å²) >= 11 is 7.67. The van der Waals surface area contributed by atoms with Crippen molar-refractivity contribution in [3.63, 3.8) is 0 Å². The Morgan fingerprint density at radius 3 is 2.59 bits per heavy atom. The summed E-state index contributed by atoms with van der Waals surface area (Å²) in [7, 11) is 1.49. The van der Waals surface area contributed by atoms with Crippen LogP contribution in [0.2, 0.25) is 5.02 Å². The van der Waals surface area contributed by atoms with Gasteiger partial charge >= 0.3 is 5.97 Å². The van der Waals surface area contributed by atoms with E-state index in [0.717, 1.165) is 29.3 Å². The van der Waals surface area contributed by atoms with E-state index in [9.17, 15) is 9.59 Å². The van der Waals surface area contributed by atoms with Gasteiger partial charge in [-0.3, -0.25) is 4.79 Å². The Balaban J connectivity index is 1.56. The number of hydrogen-bond acceptors (Lipinski definition) is 6. The van der Waals surface area contributed by atoms with E-state index in [2.05, 4.69) is 17.5 Å². The number of halogens is 1. The van der Waals surface area contributed by atoms with E-state index >= 15 is 0 Å². The van der Waals surface area contributed by atoms with Crippen molar-refractivity contribution >= 4 is 51.1 Å². The zero-order chi connectivity index (χ0) is 24.3. The first-order chi connectivity index (χ1) is 16.5. The minimum Gasteiger partial charge on any atom is -0.493 e. The van der Waals surface area contributed by atoms with Crippen LogP contribution in [0, 0.1) is 0 Å². The SMILES string of the molecule is CCCCCCCCC(=O)N/N=C/c1ccc(OC(=O)c2sc3ccccc3c2Cl)c(OC)c1. The molecule has 34 heavy (non-hydrogen) atoms. The van der Waals surface area contributed by atoms with E-state index in [0.29, 0.717) is 27.6 Å². The molecular weight excluding hydrogens is 472 g/mol. The maximum atomic E-state index is 12.7. The third-order valence-corrected chi connectivity index (χ3v) is 6.93. The van der Waals surface area contributed by atoms with Crippen LogP contribution < -0.4 is 14.9 Å². The van der Waals surface area contributed by atoms with E-state index in [-0.39, 0.29) is 11.7 Å². The molecule has 2 aromatic carbocycles. The van der Waals surface area contributed by atoms with Gasteiger partial charge in [-0.2, -0.15) is 5.10 Å². The summed E-state index contributed by atoms with van der Waals surface area (Å²) < 4.78 is 11.8. The summed E-state index contributed by atoms with van der Waals surface area (Å²) in [5, 5.41) is 5.21. The lowest BCUT2D eigenvalue weighted by atomic mass is 10.1. The monoisotopic (exact) mass is 500 g/mol. The smallest absolute Gasteiger partial charge is 0.355 e. The fourth-order valence-electron chi connectivity index (χ4n) is 3.44. The predicted molar refractivity (Wildman–Crippen MR) is 139 cm³/mol. The largest absolute Gasteiger partial charge is 0.493 e. The summed E-state index contributed by atoms with van der Waals surface area (Å²) in [6.45, 7) is 2.18. The average molecular weight is 501 g/mol. The molecule has 0 aliphatic carbocycles. The summed E-state index contributed by atoms with van der Waals surface area (Å²) in [4.78, 5) is 25.0. The Hall–Kier alpha value is -2.90. The maximum absolute atomic E-state index is 12.7. The number of hydrogen-bond donors (Lipinski definition) is 1. The lowest BCUT2D eigenvalue weighted by molar-refractivity contribution is -0.121. The Labute approximate surface area is 208 Å². The average Bonchev–Trinajstić information content (AvgIpc) is 3.19. The molecule has 0 aliphatic heterocycles. The summed E-state index contributed by atoms with van der Waals surface area (Å²) in [6.07, 6.45) is 8.75. The number of carbonyl (C=O) groups excluding carboxylic acids is 2. The van der Waals surface area contributed by atoms with Crippen LogP contribution >= 0.6 is 22.9 Å². The fraction of sp³-hybridized carbons (Fsp3) is 0.346. The number of nitrogens with one attached hydrogen (secondary N) is 1. The number of unbranched alkanes of at least 4 members (excludes halogenated alkanes) is 5. The third kappa shape index (κ3) is 7.05. The van der Waals surface area contributed by atoms with Gasteiger partial charge in [0.25, 0.3) is 0 Å². The zero-order valence-electron chi connectivity index (χ0n) is 19.4. The topological polar surface area (TPSA) is 77.0 Å². The lowest BCUT2D eigenvalue weighted by Crippen LogP contribution is -2.16. The van der Waals surface area contributed by atoms with Crippen LogP contribution in [-0.2, 0) is 4.79 Å². The highest BCUT2D eigenvalue weighted by Gasteiger charge is 2.20. The highest BCUT2D eigenvalue weighted by Crippen LogP contribution is 2.37. The van der Waals surface area contributed by atoms with Crippen molar-refractivity contribution in [1.29, 1.82) is 0 Å². The molecule has 0 fully saturated rings.